The summed E-state index contributed by atoms with van der Waals surface area (Å²) in [5.74, 6) is 0. The van der Waals surface area contributed by atoms with Crippen LogP contribution in [0.15, 0.2) is 0 Å². The molecule has 0 aliphatic carbocycles. The molecule has 0 amide bonds. The van der Waals surface area contributed by atoms with E-state index in [2.05, 4.69) is 432 Å². The second kappa shape index (κ2) is 46.9. The van der Waals surface area contributed by atoms with Gasteiger partial charge in [-0.3, -0.25) is 0 Å². The van der Waals surface area contributed by atoms with E-state index in [1.54, 1.807) is 0 Å². The molecule has 31 nitrogen and oxygen atoms in total. The van der Waals surface area contributed by atoms with Gasteiger partial charge in [-0.2, -0.15) is 0 Å². The Morgan fingerprint density at radius 2 is 0.167 bits per heavy atom. The minimum Gasteiger partial charge on any atom is -0.437 e. The van der Waals surface area contributed by atoms with Gasteiger partial charge < -0.3 is 128 Å². The highest BCUT2D eigenvalue weighted by Crippen LogP contribution is 2.40. The highest BCUT2D eigenvalue weighted by molar-refractivity contribution is 6.99. The van der Waals surface area contributed by atoms with Crippen LogP contribution in [0.25, 0.3) is 0 Å². The Labute approximate surface area is 844 Å². The van der Waals surface area contributed by atoms with Crippen molar-refractivity contribution in [1.29, 1.82) is 0 Å². The summed E-state index contributed by atoms with van der Waals surface area (Å²) in [6.07, 6.45) is 2.32. The zero-order valence-electron chi connectivity index (χ0n) is 96.8. The lowest BCUT2D eigenvalue weighted by Crippen LogP contribution is -2.63. The fourth-order valence-electron chi connectivity index (χ4n) is 19.8. The van der Waals surface area contributed by atoms with E-state index in [1.165, 1.54) is 6.42 Å². The van der Waals surface area contributed by atoms with Crippen molar-refractivity contribution in [2.24, 2.45) is 0 Å². The third-order valence-electron chi connectivity index (χ3n) is 16.5. The van der Waals surface area contributed by atoms with E-state index in [-0.39, 0.29) is 0 Å². The van der Waals surface area contributed by atoms with E-state index in [0.717, 1.165) is 12.5 Å². The van der Waals surface area contributed by atoms with E-state index in [9.17, 15) is 0 Å². The molecule has 0 atom stereocenters. The molecule has 0 aromatic carbocycles. The first kappa shape index (κ1) is 138. The van der Waals surface area contributed by atoms with E-state index in [0.29, 0.717) is 0 Å². The van der Waals surface area contributed by atoms with Crippen LogP contribution in [0.5, 0.6) is 0 Å². The van der Waals surface area contributed by atoms with Gasteiger partial charge >= 0.3 is 257 Å². The third kappa shape index (κ3) is 63.6. The molecule has 0 rings (SSSR count). The van der Waals surface area contributed by atoms with Gasteiger partial charge in [-0.1, -0.05) is 19.8 Å². The fraction of sp³-hybridized carbons (Fsp3) is 1.00. The lowest BCUT2D eigenvalue weighted by Gasteiger charge is -2.45. The summed E-state index contributed by atoms with van der Waals surface area (Å²) in [4.78, 5) is 0. The normalized spacial score (nSPS) is 16.2. The number of rotatable bonds is 65. The number of hydrogen-bond acceptors (Lipinski definition) is 31. The molecule has 0 aromatic rings. The molecule has 0 aliphatic heterocycles. The molecule has 0 unspecified atom stereocenters. The van der Waals surface area contributed by atoms with Crippen molar-refractivity contribution in [2.45, 2.75) is 451 Å². The quantitative estimate of drug-likeness (QED) is 0.0511. The largest absolute Gasteiger partial charge is 0.437 e. The maximum atomic E-state index is 7.04. The first-order valence-corrected chi connectivity index (χ1v) is 138. The Balaban J connectivity index is 5.98. The SMILES string of the molecule is CCCC[Si](C)(C)O[Si](C)(C)O[Si](C)(C)O[Si](C)(C)O[Si](C)(C)O[Si](C)(C)O[Si](C)(C)O[Si](C)(C)O[Si](C)(C)O[Si](C)(C)O[Si](C)(C)O[Si](C)(C)O[Si](C)(C)O[Si](C)(C)O[Si](C)(C)O[Si](C)(C)O[Si](C)(C)O[Si](C)(C)O[Si](C)(C)O[Si](C)(C)O[Si](C)(C)O[Si](C)(C)O[Si](C)(C)O[Si](C)(C)O[Si](C)(C)O[Si](C)(C)O[Si](C)(C)O[Si](C)(C)O[Si](C)(C)O[Si](C)(C)O[Si](C)(C)O[Si](C)(C)C. The standard InChI is InChI=1S/C69H204O31Si32/c1-67-68-69-102(5,6)71-104(9,10)73-106(13,14)75-108(17,18)77-110(21,22)79-112(25,26)81-114(29,30)83-116(33,34)85-118(37,38)87-120(41,42)89-122(45,46)91-124(49,50)93-126(53,54)95-128(57,58)97-130(61,62)99-132(65,66)100-131(63,64)98-129(59,60)96-127(55,56)94-125(51,52)92-123(47,48)90-121(43,44)88-119(39,40)86-117(35,36)84-115(31,32)82-113(27,28)80-111(23,24)78-109(19,20)76-107(15,16)74-105(11,12)72-103(7,8)70-101(2,3)4/h67-69H2,1-66H3. The molecule has 132 heavy (non-hydrogen) atoms. The first-order valence-electron chi connectivity index (χ1n) is 47.2. The zero-order valence-corrected chi connectivity index (χ0v) is 129. The smallest absolute Gasteiger partial charge is 0.314 e. The molecule has 0 saturated heterocycles. The van der Waals surface area contributed by atoms with Gasteiger partial charge in [-0.05, 0) is 432 Å². The molecular formula is C69H204O31Si32. The van der Waals surface area contributed by atoms with Crippen LogP contribution in [0.1, 0.15) is 19.8 Å². The van der Waals surface area contributed by atoms with Gasteiger partial charge in [0.05, 0.1) is 0 Å². The van der Waals surface area contributed by atoms with Crippen molar-refractivity contribution in [3.8, 4) is 0 Å². The third-order valence-corrected chi connectivity index (χ3v) is 141. The molecule has 0 heterocycles. The fourth-order valence-corrected chi connectivity index (χ4v) is 186. The summed E-state index contributed by atoms with van der Waals surface area (Å²) in [6, 6.07) is 1.12. The maximum absolute atomic E-state index is 7.04. The molecule has 0 N–H and O–H groups in total. The number of unbranched alkanes of at least 4 members (excludes halogenated alkanes) is 1. The molecule has 0 spiro atoms. The predicted octanol–water partition coefficient (Wildman–Crippen LogP) is 25.4. The first-order chi connectivity index (χ1) is 56.5. The lowest BCUT2D eigenvalue weighted by atomic mass is 10.4. The van der Waals surface area contributed by atoms with Gasteiger partial charge in [0.15, 0.2) is 16.6 Å². The summed E-state index contributed by atoms with van der Waals surface area (Å²) in [5.41, 5.74) is 0. The van der Waals surface area contributed by atoms with Crippen molar-refractivity contribution < 1.29 is 128 Å². The summed E-state index contributed by atoms with van der Waals surface area (Å²) in [7, 11) is -89.2. The van der Waals surface area contributed by atoms with Crippen molar-refractivity contribution in [3.63, 3.8) is 0 Å². The summed E-state index contributed by atoms with van der Waals surface area (Å²) < 4.78 is 216. The van der Waals surface area contributed by atoms with Crippen LogP contribution in [-0.2, 0) is 128 Å². The predicted molar refractivity (Wildman–Crippen MR) is 619 cm³/mol. The van der Waals surface area contributed by atoms with Crippen LogP contribution in [0.4, 0.5) is 0 Å². The van der Waals surface area contributed by atoms with Crippen molar-refractivity contribution in [3.05, 3.63) is 0 Å². The van der Waals surface area contributed by atoms with Crippen molar-refractivity contribution >= 4 is 273 Å². The van der Waals surface area contributed by atoms with Crippen LogP contribution in [-0.4, -0.2) is 273 Å². The highest BCUT2D eigenvalue weighted by atomic mass is 28.6. The molecule has 0 aliphatic rings. The van der Waals surface area contributed by atoms with Crippen LogP contribution in [0.2, 0.25) is 432 Å². The van der Waals surface area contributed by atoms with E-state index in [1.807, 2.05) is 0 Å². The van der Waals surface area contributed by atoms with Crippen LogP contribution in [0.3, 0.4) is 0 Å². The average Bonchev–Trinajstić information content (AvgIpc) is 0.765. The van der Waals surface area contributed by atoms with E-state index < -0.39 is 273 Å². The summed E-state index contributed by atoms with van der Waals surface area (Å²) in [5, 5.41) is 0. The molecule has 0 aromatic heterocycles. The monoisotopic (exact) mass is 2420 g/mol. The number of hydrogen-bond donors (Lipinski definition) is 0. The zero-order chi connectivity index (χ0) is 106. The molecule has 0 saturated carbocycles. The van der Waals surface area contributed by atoms with Crippen LogP contribution < -0.4 is 0 Å². The van der Waals surface area contributed by atoms with Crippen LogP contribution in [0, 0.1) is 0 Å². The average molecular weight is 2430 g/mol. The van der Waals surface area contributed by atoms with Gasteiger partial charge in [-0.15, -0.1) is 0 Å². The minimum atomic E-state index is -2.95. The maximum Gasteiger partial charge on any atom is 0.314 e. The van der Waals surface area contributed by atoms with E-state index in [4.69, 9.17) is 128 Å². The summed E-state index contributed by atoms with van der Waals surface area (Å²) in [6.45, 7) is 137. The van der Waals surface area contributed by atoms with Crippen molar-refractivity contribution in [2.75, 3.05) is 0 Å². The van der Waals surface area contributed by atoms with Crippen molar-refractivity contribution in [1.82, 2.24) is 0 Å². The van der Waals surface area contributed by atoms with E-state index >= 15 is 0 Å². The second-order valence-corrected chi connectivity index (χ2v) is 168. The minimum absolute atomic E-state index is 1.12. The van der Waals surface area contributed by atoms with Gasteiger partial charge in [0.1, 0.15) is 0 Å². The topological polar surface area (TPSA) is 286 Å². The van der Waals surface area contributed by atoms with Gasteiger partial charge in [0, 0.05) is 0 Å². The Kier molecular flexibility index (Phi) is 48.9. The van der Waals surface area contributed by atoms with Crippen LogP contribution >= 0.6 is 0 Å². The van der Waals surface area contributed by atoms with Gasteiger partial charge in [-0.25, -0.2) is 0 Å². The molecule has 0 fully saturated rings. The molecule has 0 bridgehead atoms. The Hall–Kier alpha value is 5.70. The summed E-state index contributed by atoms with van der Waals surface area (Å²) >= 11 is 0. The Bertz CT molecular complexity index is 3420. The Morgan fingerprint density at radius 1 is 0.0985 bits per heavy atom. The highest BCUT2D eigenvalue weighted by Gasteiger charge is 2.59. The second-order valence-electron chi connectivity index (χ2n) is 50.1. The molecular weight excluding hydrogens is 2220 g/mol. The molecule has 63 heteroatoms. The lowest BCUT2D eigenvalue weighted by molar-refractivity contribution is 0.242. The van der Waals surface area contributed by atoms with Gasteiger partial charge in [0.25, 0.3) is 0 Å². The Morgan fingerprint density at radius 3 is 0.235 bits per heavy atom. The molecule has 0 radical (unpaired) electrons. The molecule has 794 valence electrons. The van der Waals surface area contributed by atoms with Gasteiger partial charge in [0.2, 0.25) is 0 Å².